The molecule has 3 rings (SSSR count). The normalized spacial score (nSPS) is 20.0. The van der Waals surface area contributed by atoms with Gasteiger partial charge in [0.2, 0.25) is 10.0 Å². The van der Waals surface area contributed by atoms with Crippen LogP contribution in [0.2, 0.25) is 10.0 Å². The molecule has 2 aromatic rings. The minimum absolute atomic E-state index is 0.0792. The van der Waals surface area contributed by atoms with Gasteiger partial charge in [0.05, 0.1) is 21.0 Å². The second-order valence-corrected chi connectivity index (χ2v) is 8.55. The van der Waals surface area contributed by atoms with Crippen LogP contribution in [0.1, 0.15) is 23.8 Å². The van der Waals surface area contributed by atoms with Crippen molar-refractivity contribution in [3.05, 3.63) is 50.6 Å². The van der Waals surface area contributed by atoms with Crippen molar-refractivity contribution >= 4 is 44.6 Å². The third kappa shape index (κ3) is 2.85. The molecular formula is C14H13Cl2NO2S2. The molecule has 21 heavy (non-hydrogen) atoms. The molecule has 1 saturated heterocycles. The molecule has 1 fully saturated rings. The van der Waals surface area contributed by atoms with Crippen molar-refractivity contribution in [2.75, 3.05) is 6.54 Å². The SMILES string of the molecule is O=S(=O)(c1ccc(Cl)c(Cl)c1)N1CCCC1c1cccs1. The average Bonchev–Trinajstić information content (AvgIpc) is 3.11. The highest BCUT2D eigenvalue weighted by molar-refractivity contribution is 7.89. The van der Waals surface area contributed by atoms with Crippen LogP contribution in [0.4, 0.5) is 0 Å². The molecule has 1 aliphatic heterocycles. The first-order valence-electron chi connectivity index (χ1n) is 6.50. The lowest BCUT2D eigenvalue weighted by molar-refractivity contribution is 0.401. The summed E-state index contributed by atoms with van der Waals surface area (Å²) < 4.78 is 27.2. The predicted molar refractivity (Wildman–Crippen MR) is 86.6 cm³/mol. The Balaban J connectivity index is 1.99. The summed E-state index contributed by atoms with van der Waals surface area (Å²) in [5.74, 6) is 0. The van der Waals surface area contributed by atoms with Gasteiger partial charge in [-0.2, -0.15) is 4.31 Å². The zero-order valence-electron chi connectivity index (χ0n) is 11.0. The van der Waals surface area contributed by atoms with Gasteiger partial charge in [0.1, 0.15) is 0 Å². The smallest absolute Gasteiger partial charge is 0.207 e. The van der Waals surface area contributed by atoms with Crippen LogP contribution in [0.3, 0.4) is 0 Å². The molecule has 1 aliphatic rings. The summed E-state index contributed by atoms with van der Waals surface area (Å²) in [6.07, 6.45) is 1.71. The summed E-state index contributed by atoms with van der Waals surface area (Å²) in [7, 11) is -3.56. The number of hydrogen-bond acceptors (Lipinski definition) is 3. The Labute approximate surface area is 138 Å². The van der Waals surface area contributed by atoms with Crippen molar-refractivity contribution in [2.45, 2.75) is 23.8 Å². The monoisotopic (exact) mass is 361 g/mol. The zero-order valence-corrected chi connectivity index (χ0v) is 14.1. The predicted octanol–water partition coefficient (Wildman–Crippen LogP) is 4.58. The summed E-state index contributed by atoms with van der Waals surface area (Å²) >= 11 is 13.4. The summed E-state index contributed by atoms with van der Waals surface area (Å²) in [6.45, 7) is 0.533. The maximum Gasteiger partial charge on any atom is 0.243 e. The van der Waals surface area contributed by atoms with E-state index in [9.17, 15) is 8.42 Å². The minimum Gasteiger partial charge on any atom is -0.207 e. The average molecular weight is 362 g/mol. The van der Waals surface area contributed by atoms with Gasteiger partial charge in [-0.05, 0) is 42.5 Å². The van der Waals surface area contributed by atoms with Crippen molar-refractivity contribution in [3.8, 4) is 0 Å². The molecule has 0 saturated carbocycles. The molecule has 0 bridgehead atoms. The standard InChI is InChI=1S/C14H13Cl2NO2S2/c15-11-6-5-10(9-12(11)16)21(18,19)17-7-1-3-13(17)14-4-2-8-20-14/h2,4-6,8-9,13H,1,3,7H2. The first kappa shape index (κ1) is 15.3. The molecule has 0 amide bonds. The fourth-order valence-corrected chi connectivity index (χ4v) is 5.57. The van der Waals surface area contributed by atoms with E-state index >= 15 is 0 Å². The zero-order chi connectivity index (χ0) is 15.0. The van der Waals surface area contributed by atoms with Crippen LogP contribution >= 0.6 is 34.5 Å². The third-order valence-electron chi connectivity index (χ3n) is 3.57. The minimum atomic E-state index is -3.56. The lowest BCUT2D eigenvalue weighted by Crippen LogP contribution is -2.30. The lowest BCUT2D eigenvalue weighted by Gasteiger charge is -2.23. The van der Waals surface area contributed by atoms with Crippen LogP contribution in [0, 0.1) is 0 Å². The van der Waals surface area contributed by atoms with Crippen LogP contribution in [0.25, 0.3) is 0 Å². The second kappa shape index (κ2) is 5.89. The number of nitrogens with zero attached hydrogens (tertiary/aromatic N) is 1. The highest BCUT2D eigenvalue weighted by Gasteiger charge is 2.36. The van der Waals surface area contributed by atoms with Gasteiger partial charge >= 0.3 is 0 Å². The Kier molecular flexibility index (Phi) is 4.30. The lowest BCUT2D eigenvalue weighted by atomic mass is 10.2. The molecule has 0 radical (unpaired) electrons. The molecule has 0 aliphatic carbocycles. The topological polar surface area (TPSA) is 37.4 Å². The van der Waals surface area contributed by atoms with E-state index in [1.54, 1.807) is 15.6 Å². The maximum atomic E-state index is 12.8. The summed E-state index contributed by atoms with van der Waals surface area (Å²) in [5.41, 5.74) is 0. The van der Waals surface area contributed by atoms with Crippen molar-refractivity contribution < 1.29 is 8.42 Å². The summed E-state index contributed by atoms with van der Waals surface area (Å²) in [4.78, 5) is 1.27. The molecule has 0 spiro atoms. The van der Waals surface area contributed by atoms with Gasteiger partial charge in [0.15, 0.2) is 0 Å². The van der Waals surface area contributed by atoms with E-state index in [0.717, 1.165) is 17.7 Å². The van der Waals surface area contributed by atoms with E-state index in [2.05, 4.69) is 0 Å². The number of halogens is 2. The van der Waals surface area contributed by atoms with Crippen LogP contribution in [-0.4, -0.2) is 19.3 Å². The Morgan fingerprint density at radius 3 is 2.67 bits per heavy atom. The van der Waals surface area contributed by atoms with Gasteiger partial charge < -0.3 is 0 Å². The Hall–Kier alpha value is -0.590. The molecule has 1 aromatic carbocycles. The Bertz CT molecular complexity index is 744. The van der Waals surface area contributed by atoms with E-state index < -0.39 is 10.0 Å². The van der Waals surface area contributed by atoms with Crippen LogP contribution in [0.5, 0.6) is 0 Å². The molecule has 7 heteroatoms. The molecule has 3 nitrogen and oxygen atoms in total. The van der Waals surface area contributed by atoms with Gasteiger partial charge in [-0.25, -0.2) is 8.42 Å². The van der Waals surface area contributed by atoms with E-state index in [1.165, 1.54) is 18.2 Å². The van der Waals surface area contributed by atoms with Crippen molar-refractivity contribution in [3.63, 3.8) is 0 Å². The van der Waals surface area contributed by atoms with E-state index in [-0.39, 0.29) is 16.0 Å². The first-order valence-corrected chi connectivity index (χ1v) is 9.58. The molecule has 1 atom stereocenters. The van der Waals surface area contributed by atoms with Crippen LogP contribution < -0.4 is 0 Å². The number of sulfonamides is 1. The molecular weight excluding hydrogens is 349 g/mol. The van der Waals surface area contributed by atoms with Crippen LogP contribution in [-0.2, 0) is 10.0 Å². The Morgan fingerprint density at radius 1 is 1.19 bits per heavy atom. The first-order chi connectivity index (χ1) is 10.00. The molecule has 1 aromatic heterocycles. The van der Waals surface area contributed by atoms with Gasteiger partial charge in [-0.15, -0.1) is 11.3 Å². The highest BCUT2D eigenvalue weighted by atomic mass is 35.5. The van der Waals surface area contributed by atoms with Gasteiger partial charge in [0.25, 0.3) is 0 Å². The van der Waals surface area contributed by atoms with Crippen molar-refractivity contribution in [1.82, 2.24) is 4.31 Å². The van der Waals surface area contributed by atoms with Gasteiger partial charge in [-0.1, -0.05) is 29.3 Å². The fourth-order valence-electron chi connectivity index (χ4n) is 2.57. The number of rotatable bonds is 3. The second-order valence-electron chi connectivity index (χ2n) is 4.87. The number of benzene rings is 1. The van der Waals surface area contributed by atoms with E-state index in [4.69, 9.17) is 23.2 Å². The summed E-state index contributed by atoms with van der Waals surface area (Å²) in [6, 6.07) is 8.30. The van der Waals surface area contributed by atoms with Crippen molar-refractivity contribution in [1.29, 1.82) is 0 Å². The van der Waals surface area contributed by atoms with Gasteiger partial charge in [0, 0.05) is 11.4 Å². The van der Waals surface area contributed by atoms with E-state index in [1.807, 2.05) is 17.5 Å². The maximum absolute atomic E-state index is 12.8. The number of hydrogen-bond donors (Lipinski definition) is 0. The highest BCUT2D eigenvalue weighted by Crippen LogP contribution is 2.39. The van der Waals surface area contributed by atoms with Crippen molar-refractivity contribution in [2.24, 2.45) is 0 Å². The fraction of sp³-hybridized carbons (Fsp3) is 0.286. The number of thiophene rings is 1. The van der Waals surface area contributed by atoms with Crippen LogP contribution in [0.15, 0.2) is 40.6 Å². The largest absolute Gasteiger partial charge is 0.243 e. The quantitative estimate of drug-likeness (QED) is 0.801. The van der Waals surface area contributed by atoms with E-state index in [0.29, 0.717) is 11.6 Å². The van der Waals surface area contributed by atoms with Gasteiger partial charge in [-0.3, -0.25) is 0 Å². The molecule has 112 valence electrons. The molecule has 2 heterocycles. The summed E-state index contributed by atoms with van der Waals surface area (Å²) in [5, 5.41) is 2.58. The Morgan fingerprint density at radius 2 is 2.00 bits per heavy atom. The third-order valence-corrected chi connectivity index (χ3v) is 7.19. The molecule has 0 N–H and O–H groups in total. The molecule has 1 unspecified atom stereocenters.